The van der Waals surface area contributed by atoms with E-state index in [1.54, 1.807) is 0 Å². The molecule has 0 radical (unpaired) electrons. The summed E-state index contributed by atoms with van der Waals surface area (Å²) < 4.78 is 0.931. The minimum absolute atomic E-state index is 0.384. The van der Waals surface area contributed by atoms with Crippen LogP contribution in [0.15, 0.2) is 22.7 Å². The van der Waals surface area contributed by atoms with E-state index in [9.17, 15) is 4.79 Å². The van der Waals surface area contributed by atoms with Crippen LogP contribution in [0.5, 0.6) is 0 Å². The molecule has 0 saturated carbocycles. The molecule has 3 heteroatoms. The first-order valence-corrected chi connectivity index (χ1v) is 5.33. The van der Waals surface area contributed by atoms with Crippen molar-refractivity contribution in [1.82, 2.24) is 0 Å². The van der Waals surface area contributed by atoms with Gasteiger partial charge in [-0.05, 0) is 32.0 Å². The second-order valence-electron chi connectivity index (χ2n) is 3.53. The average molecular weight is 256 g/mol. The molecule has 0 atom stereocenters. The lowest BCUT2D eigenvalue weighted by molar-refractivity contribution is 0.112. The summed E-state index contributed by atoms with van der Waals surface area (Å²) in [6.07, 6.45) is 0.888. The van der Waals surface area contributed by atoms with Crippen molar-refractivity contribution in [2.75, 3.05) is 11.9 Å². The molecule has 1 rings (SSSR count). The Labute approximate surface area is 93.0 Å². The van der Waals surface area contributed by atoms with E-state index >= 15 is 0 Å². The lowest BCUT2D eigenvalue weighted by atomic mass is 10.1. The van der Waals surface area contributed by atoms with E-state index < -0.39 is 0 Å². The number of hydrogen-bond acceptors (Lipinski definition) is 2. The van der Waals surface area contributed by atoms with Crippen LogP contribution in [0.2, 0.25) is 0 Å². The van der Waals surface area contributed by atoms with E-state index in [2.05, 4.69) is 34.7 Å². The summed E-state index contributed by atoms with van der Waals surface area (Å²) in [4.78, 5) is 12.9. The fourth-order valence-corrected chi connectivity index (χ4v) is 1.60. The van der Waals surface area contributed by atoms with Crippen LogP contribution in [0.1, 0.15) is 24.2 Å². The van der Waals surface area contributed by atoms with Gasteiger partial charge in [-0.15, -0.1) is 0 Å². The highest BCUT2D eigenvalue weighted by molar-refractivity contribution is 9.10. The third-order valence-corrected chi connectivity index (χ3v) is 2.76. The average Bonchev–Trinajstić information content (AvgIpc) is 2.16. The summed E-state index contributed by atoms with van der Waals surface area (Å²) in [5, 5.41) is 0. The molecule has 0 heterocycles. The van der Waals surface area contributed by atoms with Crippen LogP contribution >= 0.6 is 15.9 Å². The van der Waals surface area contributed by atoms with Crippen molar-refractivity contribution in [3.8, 4) is 0 Å². The van der Waals surface area contributed by atoms with Crippen LogP contribution < -0.4 is 4.90 Å². The van der Waals surface area contributed by atoms with E-state index in [0.29, 0.717) is 6.04 Å². The number of anilines is 1. The molecular weight excluding hydrogens is 242 g/mol. The van der Waals surface area contributed by atoms with Crippen LogP contribution in [0.3, 0.4) is 0 Å². The highest BCUT2D eigenvalue weighted by Crippen LogP contribution is 2.23. The van der Waals surface area contributed by atoms with Gasteiger partial charge in [-0.3, -0.25) is 4.79 Å². The van der Waals surface area contributed by atoms with Gasteiger partial charge in [0.15, 0.2) is 6.29 Å². The topological polar surface area (TPSA) is 20.3 Å². The Kier molecular flexibility index (Phi) is 3.69. The summed E-state index contributed by atoms with van der Waals surface area (Å²) in [7, 11) is 1.99. The smallest absolute Gasteiger partial charge is 0.152 e. The van der Waals surface area contributed by atoms with Crippen LogP contribution in [-0.4, -0.2) is 19.4 Å². The Bertz CT molecular complexity index is 336. The zero-order chi connectivity index (χ0) is 10.7. The first kappa shape index (κ1) is 11.2. The molecule has 0 aliphatic heterocycles. The highest BCUT2D eigenvalue weighted by Gasteiger charge is 2.09. The van der Waals surface area contributed by atoms with Crippen LogP contribution in [0.4, 0.5) is 5.69 Å². The lowest BCUT2D eigenvalue weighted by Crippen LogP contribution is -2.26. The molecule has 2 nitrogen and oxygen atoms in total. The Balaban J connectivity index is 3.13. The normalized spacial score (nSPS) is 10.4. The van der Waals surface area contributed by atoms with Crippen molar-refractivity contribution >= 4 is 27.9 Å². The number of aldehydes is 1. The van der Waals surface area contributed by atoms with Gasteiger partial charge in [-0.25, -0.2) is 0 Å². The lowest BCUT2D eigenvalue weighted by Gasteiger charge is -2.25. The predicted octanol–water partition coefficient (Wildman–Crippen LogP) is 3.11. The van der Waals surface area contributed by atoms with Gasteiger partial charge < -0.3 is 4.90 Å². The summed E-state index contributed by atoms with van der Waals surface area (Å²) >= 11 is 3.35. The number of benzene rings is 1. The van der Waals surface area contributed by atoms with Crippen molar-refractivity contribution in [3.63, 3.8) is 0 Å². The molecule has 0 fully saturated rings. The molecule has 14 heavy (non-hydrogen) atoms. The molecular formula is C11H14BrNO. The van der Waals surface area contributed by atoms with Gasteiger partial charge in [0.25, 0.3) is 0 Å². The van der Waals surface area contributed by atoms with Crippen molar-refractivity contribution in [2.45, 2.75) is 19.9 Å². The molecule has 0 bridgehead atoms. The first-order valence-electron chi connectivity index (χ1n) is 4.54. The van der Waals surface area contributed by atoms with Gasteiger partial charge in [0.1, 0.15) is 0 Å². The quantitative estimate of drug-likeness (QED) is 0.774. The molecule has 0 aliphatic rings. The standard InChI is InChI=1S/C11H14BrNO/c1-8(2)13(3)11-5-4-10(12)6-9(11)7-14/h4-8H,1-3H3. The summed E-state index contributed by atoms with van der Waals surface area (Å²) in [5.74, 6) is 0. The fourth-order valence-electron chi connectivity index (χ4n) is 1.22. The number of carbonyl (C=O) groups is 1. The predicted molar refractivity (Wildman–Crippen MR) is 63.1 cm³/mol. The maximum absolute atomic E-state index is 10.9. The molecule has 0 N–H and O–H groups in total. The molecule has 0 spiro atoms. The molecule has 0 saturated heterocycles. The molecule has 76 valence electrons. The second kappa shape index (κ2) is 4.60. The maximum Gasteiger partial charge on any atom is 0.152 e. The highest BCUT2D eigenvalue weighted by atomic mass is 79.9. The molecule has 1 aromatic rings. The zero-order valence-electron chi connectivity index (χ0n) is 8.62. The van der Waals surface area contributed by atoms with Gasteiger partial charge in [0, 0.05) is 28.8 Å². The molecule has 0 aromatic heterocycles. The van der Waals surface area contributed by atoms with Crippen molar-refractivity contribution in [1.29, 1.82) is 0 Å². The first-order chi connectivity index (χ1) is 6.56. The van der Waals surface area contributed by atoms with Crippen LogP contribution in [-0.2, 0) is 0 Å². The van der Waals surface area contributed by atoms with Gasteiger partial charge >= 0.3 is 0 Å². The number of nitrogens with zero attached hydrogens (tertiary/aromatic N) is 1. The van der Waals surface area contributed by atoms with E-state index in [0.717, 1.165) is 22.0 Å². The molecule has 0 unspecified atom stereocenters. The van der Waals surface area contributed by atoms with Gasteiger partial charge in [-0.1, -0.05) is 15.9 Å². The molecule has 0 aliphatic carbocycles. The maximum atomic E-state index is 10.9. The van der Waals surface area contributed by atoms with Crippen LogP contribution in [0.25, 0.3) is 0 Å². The molecule has 1 aromatic carbocycles. The largest absolute Gasteiger partial charge is 0.372 e. The Morgan fingerprint density at radius 3 is 2.57 bits per heavy atom. The zero-order valence-corrected chi connectivity index (χ0v) is 10.2. The molecule has 0 amide bonds. The third-order valence-electron chi connectivity index (χ3n) is 2.27. The number of carbonyl (C=O) groups excluding carboxylic acids is 1. The number of rotatable bonds is 3. The van der Waals surface area contributed by atoms with Crippen molar-refractivity contribution in [2.24, 2.45) is 0 Å². The Morgan fingerprint density at radius 2 is 2.07 bits per heavy atom. The van der Waals surface area contributed by atoms with E-state index in [4.69, 9.17) is 0 Å². The summed E-state index contributed by atoms with van der Waals surface area (Å²) in [5.41, 5.74) is 1.69. The third kappa shape index (κ3) is 2.35. The van der Waals surface area contributed by atoms with Crippen molar-refractivity contribution < 1.29 is 4.79 Å². The Morgan fingerprint density at radius 1 is 1.43 bits per heavy atom. The monoisotopic (exact) mass is 255 g/mol. The minimum Gasteiger partial charge on any atom is -0.372 e. The fraction of sp³-hybridized carbons (Fsp3) is 0.364. The van der Waals surface area contributed by atoms with Gasteiger partial charge in [-0.2, -0.15) is 0 Å². The SMILES string of the molecule is CC(C)N(C)c1ccc(Br)cc1C=O. The van der Waals surface area contributed by atoms with E-state index in [1.807, 2.05) is 25.2 Å². The minimum atomic E-state index is 0.384. The summed E-state index contributed by atoms with van der Waals surface area (Å²) in [6.45, 7) is 4.19. The van der Waals surface area contributed by atoms with Crippen LogP contribution in [0, 0.1) is 0 Å². The summed E-state index contributed by atoms with van der Waals surface area (Å²) in [6, 6.07) is 6.12. The van der Waals surface area contributed by atoms with Gasteiger partial charge in [0.05, 0.1) is 0 Å². The second-order valence-corrected chi connectivity index (χ2v) is 4.44. The van der Waals surface area contributed by atoms with E-state index in [1.165, 1.54) is 0 Å². The number of hydrogen-bond donors (Lipinski definition) is 0. The Hall–Kier alpha value is -0.830. The van der Waals surface area contributed by atoms with Gasteiger partial charge in [0.2, 0.25) is 0 Å². The van der Waals surface area contributed by atoms with Crippen molar-refractivity contribution in [3.05, 3.63) is 28.2 Å². The van der Waals surface area contributed by atoms with E-state index in [-0.39, 0.29) is 0 Å². The number of halogens is 1.